The summed E-state index contributed by atoms with van der Waals surface area (Å²) in [7, 11) is 1.56. The Kier molecular flexibility index (Phi) is 40.8. The van der Waals surface area contributed by atoms with Gasteiger partial charge in [0.15, 0.2) is 0 Å². The minimum atomic E-state index is -4.34. The maximum atomic E-state index is 12.9. The number of amides is 1. The van der Waals surface area contributed by atoms with Crippen LogP contribution in [0.4, 0.5) is 0 Å². The molecule has 0 heterocycles. The second kappa shape index (κ2) is 42.3. The van der Waals surface area contributed by atoms with Crippen LogP contribution in [-0.2, 0) is 18.4 Å². The molecular formula is C51H94N2O6P+. The summed E-state index contributed by atoms with van der Waals surface area (Å²) in [5.74, 6) is -0.185. The highest BCUT2D eigenvalue weighted by molar-refractivity contribution is 7.47. The van der Waals surface area contributed by atoms with Gasteiger partial charge in [-0.05, 0) is 64.2 Å². The fourth-order valence-corrected chi connectivity index (χ4v) is 7.33. The van der Waals surface area contributed by atoms with Crippen molar-refractivity contribution in [2.24, 2.45) is 0 Å². The molecule has 0 bridgehead atoms. The summed E-state index contributed by atoms with van der Waals surface area (Å²) in [5, 5.41) is 13.8. The van der Waals surface area contributed by atoms with E-state index in [9.17, 15) is 19.4 Å². The summed E-state index contributed by atoms with van der Waals surface area (Å²) in [6.07, 6.45) is 56.9. The number of rotatable bonds is 43. The van der Waals surface area contributed by atoms with E-state index in [4.69, 9.17) is 9.05 Å². The molecule has 0 aliphatic carbocycles. The van der Waals surface area contributed by atoms with Gasteiger partial charge in [0.1, 0.15) is 13.2 Å². The molecule has 1 amide bonds. The van der Waals surface area contributed by atoms with Crippen LogP contribution < -0.4 is 5.32 Å². The molecule has 0 saturated carbocycles. The highest BCUT2D eigenvalue weighted by Crippen LogP contribution is 2.43. The van der Waals surface area contributed by atoms with Gasteiger partial charge in [0, 0.05) is 6.42 Å². The van der Waals surface area contributed by atoms with Crippen molar-refractivity contribution in [1.29, 1.82) is 0 Å². The van der Waals surface area contributed by atoms with E-state index in [1.807, 2.05) is 27.2 Å². The van der Waals surface area contributed by atoms with Crippen molar-refractivity contribution in [3.63, 3.8) is 0 Å². The van der Waals surface area contributed by atoms with E-state index in [2.05, 4.69) is 79.9 Å². The third kappa shape index (κ3) is 44.0. The number of hydrogen-bond acceptors (Lipinski definition) is 5. The fourth-order valence-electron chi connectivity index (χ4n) is 6.60. The Bertz CT molecular complexity index is 1200. The summed E-state index contributed by atoms with van der Waals surface area (Å²) >= 11 is 0. The molecule has 348 valence electrons. The molecule has 0 fully saturated rings. The number of carbonyl (C=O) groups excluding carboxylic acids is 1. The maximum Gasteiger partial charge on any atom is 0.472 e. The molecule has 3 unspecified atom stereocenters. The van der Waals surface area contributed by atoms with Crippen LogP contribution in [0, 0.1) is 0 Å². The Morgan fingerprint density at radius 2 is 1.00 bits per heavy atom. The Morgan fingerprint density at radius 1 is 0.583 bits per heavy atom. The first-order valence-corrected chi connectivity index (χ1v) is 25.8. The SMILES string of the molecule is CC/C=C\C/C=C\C/C=C\C/C=C\C/C=C\CCCCCCCCCCCCCC(=O)NC(COP(=O)(O)OCC[N+](C)(C)C)C(O)/C=C/CCCCCCCCCCC. The molecule has 8 nitrogen and oxygen atoms in total. The molecule has 0 aliphatic rings. The van der Waals surface area contributed by atoms with Crippen molar-refractivity contribution in [3.8, 4) is 0 Å². The molecule has 60 heavy (non-hydrogen) atoms. The van der Waals surface area contributed by atoms with Crippen LogP contribution in [0.5, 0.6) is 0 Å². The Hall–Kier alpha value is -2.06. The van der Waals surface area contributed by atoms with Gasteiger partial charge in [-0.3, -0.25) is 13.8 Å². The quantitative estimate of drug-likeness (QED) is 0.0244. The Labute approximate surface area is 370 Å². The van der Waals surface area contributed by atoms with Crippen molar-refractivity contribution in [2.75, 3.05) is 40.9 Å². The molecular weight excluding hydrogens is 768 g/mol. The number of unbranched alkanes of at least 4 members (excludes halogenated alkanes) is 20. The van der Waals surface area contributed by atoms with E-state index in [0.29, 0.717) is 17.4 Å². The summed E-state index contributed by atoms with van der Waals surface area (Å²) in [5.41, 5.74) is 0. The first-order valence-electron chi connectivity index (χ1n) is 24.3. The minimum absolute atomic E-state index is 0.0580. The average Bonchev–Trinajstić information content (AvgIpc) is 3.20. The summed E-state index contributed by atoms with van der Waals surface area (Å²) in [6.45, 7) is 4.67. The normalized spacial score (nSPS) is 14.8. The lowest BCUT2D eigenvalue weighted by Gasteiger charge is -2.25. The molecule has 9 heteroatoms. The first kappa shape index (κ1) is 57.9. The molecule has 0 saturated heterocycles. The number of phosphoric ester groups is 1. The van der Waals surface area contributed by atoms with E-state index in [0.717, 1.165) is 70.6 Å². The van der Waals surface area contributed by atoms with Crippen LogP contribution in [0.2, 0.25) is 0 Å². The smallest absolute Gasteiger partial charge is 0.387 e. The van der Waals surface area contributed by atoms with Crippen LogP contribution in [0.25, 0.3) is 0 Å². The number of aliphatic hydroxyl groups is 1. The van der Waals surface area contributed by atoms with E-state index >= 15 is 0 Å². The third-order valence-electron chi connectivity index (χ3n) is 10.4. The highest BCUT2D eigenvalue weighted by atomic mass is 31.2. The Balaban J connectivity index is 4.21. The molecule has 3 atom stereocenters. The standard InChI is InChI=1S/C51H93N2O6P/c1-6-8-10-12-14-16-18-19-20-21-22-23-24-25-26-27-28-29-30-31-32-33-35-37-39-41-43-45-51(55)52-49(48-59-60(56,57)58-47-46-53(3,4)5)50(54)44-42-40-38-36-34-17-15-13-11-9-7-2/h8,10,14,16,19-20,22-23,25-26,42,44,49-50,54H,6-7,9,11-13,15,17-18,21,24,27-41,43,45-48H2,1-5H3,(H-,52,55,56,57)/p+1/b10-8-,16-14-,20-19-,23-22-,26-25-,44-42+. The second-order valence-electron chi connectivity index (χ2n) is 17.5. The van der Waals surface area contributed by atoms with E-state index < -0.39 is 20.0 Å². The van der Waals surface area contributed by atoms with Crippen molar-refractivity contribution >= 4 is 13.7 Å². The average molecular weight is 862 g/mol. The van der Waals surface area contributed by atoms with Gasteiger partial charge in [-0.2, -0.15) is 0 Å². The fraction of sp³-hybridized carbons (Fsp3) is 0.745. The number of quaternary nitrogens is 1. The molecule has 0 rings (SSSR count). The predicted molar refractivity (Wildman–Crippen MR) is 258 cm³/mol. The topological polar surface area (TPSA) is 105 Å². The number of nitrogens with zero attached hydrogens (tertiary/aromatic N) is 1. The zero-order valence-corrected chi connectivity index (χ0v) is 40.3. The molecule has 0 aromatic heterocycles. The van der Waals surface area contributed by atoms with Gasteiger partial charge in [0.2, 0.25) is 5.91 Å². The van der Waals surface area contributed by atoms with Gasteiger partial charge in [0.25, 0.3) is 0 Å². The van der Waals surface area contributed by atoms with Gasteiger partial charge in [0.05, 0.1) is 39.9 Å². The monoisotopic (exact) mass is 862 g/mol. The van der Waals surface area contributed by atoms with Crippen LogP contribution >= 0.6 is 7.82 Å². The molecule has 0 aliphatic heterocycles. The lowest BCUT2D eigenvalue weighted by atomic mass is 10.0. The molecule has 0 aromatic carbocycles. The molecule has 0 radical (unpaired) electrons. The lowest BCUT2D eigenvalue weighted by molar-refractivity contribution is -0.870. The van der Waals surface area contributed by atoms with E-state index in [-0.39, 0.29) is 19.1 Å². The number of hydrogen-bond donors (Lipinski definition) is 3. The second-order valence-corrected chi connectivity index (χ2v) is 18.9. The van der Waals surface area contributed by atoms with Gasteiger partial charge in [-0.1, -0.05) is 196 Å². The Morgan fingerprint density at radius 3 is 1.47 bits per heavy atom. The van der Waals surface area contributed by atoms with Crippen molar-refractivity contribution in [1.82, 2.24) is 5.32 Å². The molecule has 0 aromatic rings. The maximum absolute atomic E-state index is 12.9. The molecule has 3 N–H and O–H groups in total. The summed E-state index contributed by atoms with van der Waals surface area (Å²) in [6, 6.07) is -0.850. The van der Waals surface area contributed by atoms with Crippen molar-refractivity contribution in [2.45, 2.75) is 206 Å². The number of carbonyl (C=O) groups is 1. The number of phosphoric acid groups is 1. The van der Waals surface area contributed by atoms with Gasteiger partial charge < -0.3 is 19.8 Å². The number of likely N-dealkylation sites (N-methyl/N-ethyl adjacent to an activating group) is 1. The lowest BCUT2D eigenvalue weighted by Crippen LogP contribution is -2.45. The van der Waals surface area contributed by atoms with E-state index in [1.54, 1.807) is 6.08 Å². The summed E-state index contributed by atoms with van der Waals surface area (Å²) in [4.78, 5) is 23.1. The van der Waals surface area contributed by atoms with Crippen molar-refractivity contribution in [3.05, 3.63) is 72.9 Å². The van der Waals surface area contributed by atoms with Gasteiger partial charge in [-0.25, -0.2) is 4.57 Å². The van der Waals surface area contributed by atoms with Crippen LogP contribution in [0.3, 0.4) is 0 Å². The highest BCUT2D eigenvalue weighted by Gasteiger charge is 2.27. The van der Waals surface area contributed by atoms with Gasteiger partial charge >= 0.3 is 7.82 Å². The van der Waals surface area contributed by atoms with Crippen LogP contribution in [0.15, 0.2) is 72.9 Å². The van der Waals surface area contributed by atoms with Gasteiger partial charge in [-0.15, -0.1) is 0 Å². The minimum Gasteiger partial charge on any atom is -0.387 e. The zero-order valence-electron chi connectivity index (χ0n) is 39.4. The number of nitrogens with one attached hydrogen (secondary N) is 1. The predicted octanol–water partition coefficient (Wildman–Crippen LogP) is 14.0. The van der Waals surface area contributed by atoms with Crippen LogP contribution in [-0.4, -0.2) is 73.4 Å². The molecule has 0 spiro atoms. The first-order chi connectivity index (χ1) is 29.0. The van der Waals surface area contributed by atoms with E-state index in [1.165, 1.54) is 103 Å². The number of allylic oxidation sites excluding steroid dienone is 11. The van der Waals surface area contributed by atoms with Crippen molar-refractivity contribution < 1.29 is 32.9 Å². The van der Waals surface area contributed by atoms with Crippen LogP contribution in [0.1, 0.15) is 194 Å². The summed E-state index contributed by atoms with van der Waals surface area (Å²) < 4.78 is 23.6. The number of aliphatic hydroxyl groups excluding tert-OH is 1. The zero-order chi connectivity index (χ0) is 44.3. The largest absolute Gasteiger partial charge is 0.472 e. The third-order valence-corrected chi connectivity index (χ3v) is 11.4.